The zero-order valence-corrected chi connectivity index (χ0v) is 14.3. The highest BCUT2D eigenvalue weighted by Gasteiger charge is 2.12. The molecule has 0 atom stereocenters. The first-order valence-corrected chi connectivity index (χ1v) is 9.73. The molecule has 3 rings (SSSR count). The van der Waals surface area contributed by atoms with Crippen molar-refractivity contribution in [1.29, 1.82) is 0 Å². The zero-order chi connectivity index (χ0) is 15.2. The number of rotatable bonds is 5. The van der Waals surface area contributed by atoms with Gasteiger partial charge in [-0.15, -0.1) is 0 Å². The largest absolute Gasteiger partial charge is 0.497 e. The van der Waals surface area contributed by atoms with Gasteiger partial charge in [-0.3, -0.25) is 0 Å². The Kier molecular flexibility index (Phi) is 5.70. The molecule has 4 nitrogen and oxygen atoms in total. The molecule has 0 radical (unpaired) electrons. The van der Waals surface area contributed by atoms with Crippen LogP contribution in [0, 0.1) is 0 Å². The van der Waals surface area contributed by atoms with Gasteiger partial charge in [0, 0.05) is 53.4 Å². The second-order valence-corrected chi connectivity index (χ2v) is 7.52. The zero-order valence-electron chi connectivity index (χ0n) is 12.7. The normalized spacial score (nSPS) is 16.4. The minimum atomic E-state index is 0.595. The predicted molar refractivity (Wildman–Crippen MR) is 95.4 cm³/mol. The van der Waals surface area contributed by atoms with Gasteiger partial charge in [-0.2, -0.15) is 28.6 Å². The Bertz CT molecular complexity index is 595. The number of nitrogens with one attached hydrogen (secondary N) is 1. The van der Waals surface area contributed by atoms with Gasteiger partial charge in [0.1, 0.15) is 5.75 Å². The van der Waals surface area contributed by atoms with Crippen LogP contribution in [0.1, 0.15) is 5.56 Å². The lowest BCUT2D eigenvalue weighted by Gasteiger charge is -2.14. The molecule has 0 spiro atoms. The smallest absolute Gasteiger partial charge is 0.121 e. The van der Waals surface area contributed by atoms with E-state index in [2.05, 4.69) is 16.6 Å². The standard InChI is InChI=1S/C16H21N3OS2/c1-20-16-4-2-3-15(7-16)19-10-13(9-18-19)8-17-14-11-21-5-6-22-12-14/h2-4,7,9-10,14,17H,5-6,8,11-12H2,1H3. The Labute approximate surface area is 140 Å². The fraction of sp³-hybridized carbons (Fsp3) is 0.438. The van der Waals surface area contributed by atoms with Crippen LogP contribution in [-0.4, -0.2) is 45.9 Å². The summed E-state index contributed by atoms with van der Waals surface area (Å²) < 4.78 is 7.16. The van der Waals surface area contributed by atoms with Gasteiger partial charge in [-0.25, -0.2) is 4.68 Å². The maximum atomic E-state index is 5.26. The van der Waals surface area contributed by atoms with Gasteiger partial charge in [-0.1, -0.05) is 6.07 Å². The summed E-state index contributed by atoms with van der Waals surface area (Å²) in [6.45, 7) is 0.871. The summed E-state index contributed by atoms with van der Waals surface area (Å²) in [6.07, 6.45) is 4.02. The third-order valence-electron chi connectivity index (χ3n) is 3.56. The maximum Gasteiger partial charge on any atom is 0.121 e. The van der Waals surface area contributed by atoms with Crippen molar-refractivity contribution in [2.45, 2.75) is 12.6 Å². The average molecular weight is 335 g/mol. The van der Waals surface area contributed by atoms with Crippen molar-refractivity contribution in [1.82, 2.24) is 15.1 Å². The van der Waals surface area contributed by atoms with Crippen LogP contribution in [0.3, 0.4) is 0 Å². The summed E-state index contributed by atoms with van der Waals surface area (Å²) in [5, 5.41) is 8.10. The molecule has 0 bridgehead atoms. The number of thioether (sulfide) groups is 2. The molecule has 0 saturated carbocycles. The van der Waals surface area contributed by atoms with Crippen molar-refractivity contribution in [3.63, 3.8) is 0 Å². The van der Waals surface area contributed by atoms with Crippen LogP contribution >= 0.6 is 23.5 Å². The Morgan fingerprint density at radius 3 is 2.91 bits per heavy atom. The highest BCUT2D eigenvalue weighted by Crippen LogP contribution is 2.18. The van der Waals surface area contributed by atoms with Crippen molar-refractivity contribution < 1.29 is 4.74 Å². The number of hydrogen-bond acceptors (Lipinski definition) is 5. The topological polar surface area (TPSA) is 39.1 Å². The summed E-state index contributed by atoms with van der Waals surface area (Å²) >= 11 is 4.09. The van der Waals surface area contributed by atoms with Gasteiger partial charge >= 0.3 is 0 Å². The quantitative estimate of drug-likeness (QED) is 0.910. The lowest BCUT2D eigenvalue weighted by atomic mass is 10.3. The van der Waals surface area contributed by atoms with E-state index in [9.17, 15) is 0 Å². The van der Waals surface area contributed by atoms with Crippen LogP contribution in [-0.2, 0) is 6.54 Å². The molecule has 1 aromatic heterocycles. The van der Waals surface area contributed by atoms with Crippen LogP contribution < -0.4 is 10.1 Å². The number of hydrogen-bond donors (Lipinski definition) is 1. The number of nitrogens with zero attached hydrogens (tertiary/aromatic N) is 2. The molecular formula is C16H21N3OS2. The highest BCUT2D eigenvalue weighted by atomic mass is 32.2. The van der Waals surface area contributed by atoms with Gasteiger partial charge in [0.25, 0.3) is 0 Å². The molecule has 1 fully saturated rings. The van der Waals surface area contributed by atoms with Crippen LogP contribution in [0.4, 0.5) is 0 Å². The van der Waals surface area contributed by atoms with Crippen molar-refractivity contribution >= 4 is 23.5 Å². The molecular weight excluding hydrogens is 314 g/mol. The Hall–Kier alpha value is -1.11. The van der Waals surface area contributed by atoms with Gasteiger partial charge in [0.15, 0.2) is 0 Å². The first-order chi connectivity index (χ1) is 10.8. The highest BCUT2D eigenvalue weighted by molar-refractivity contribution is 8.03. The van der Waals surface area contributed by atoms with Crippen molar-refractivity contribution in [2.24, 2.45) is 0 Å². The van der Waals surface area contributed by atoms with Crippen molar-refractivity contribution in [3.05, 3.63) is 42.2 Å². The fourth-order valence-electron chi connectivity index (χ4n) is 2.34. The minimum Gasteiger partial charge on any atom is -0.497 e. The summed E-state index contributed by atoms with van der Waals surface area (Å²) in [6, 6.07) is 8.54. The molecule has 118 valence electrons. The molecule has 1 aliphatic rings. The molecule has 6 heteroatoms. The molecule has 1 aromatic carbocycles. The first kappa shape index (κ1) is 15.8. The number of aromatic nitrogens is 2. The monoisotopic (exact) mass is 335 g/mol. The molecule has 0 amide bonds. The lowest BCUT2D eigenvalue weighted by Crippen LogP contribution is -2.32. The lowest BCUT2D eigenvalue weighted by molar-refractivity contribution is 0.414. The van der Waals surface area contributed by atoms with E-state index < -0.39 is 0 Å². The Morgan fingerprint density at radius 2 is 2.14 bits per heavy atom. The fourth-order valence-corrected chi connectivity index (χ4v) is 4.81. The second-order valence-electron chi connectivity index (χ2n) is 5.22. The summed E-state index contributed by atoms with van der Waals surface area (Å²) in [5.74, 6) is 5.81. The third-order valence-corrected chi connectivity index (χ3v) is 6.08. The number of methoxy groups -OCH3 is 1. The van der Waals surface area contributed by atoms with E-state index in [1.54, 1.807) is 7.11 Å². The van der Waals surface area contributed by atoms with Crippen molar-refractivity contribution in [3.8, 4) is 11.4 Å². The van der Waals surface area contributed by atoms with Gasteiger partial charge in [0.05, 0.1) is 19.0 Å². The SMILES string of the molecule is COc1cccc(-n2cc(CNC3CSCCSC3)cn2)c1. The molecule has 2 heterocycles. The van der Waals surface area contributed by atoms with E-state index in [4.69, 9.17) is 4.74 Å². The van der Waals surface area contributed by atoms with E-state index in [0.717, 1.165) is 18.0 Å². The van der Waals surface area contributed by atoms with Crippen LogP contribution in [0.15, 0.2) is 36.7 Å². The molecule has 2 aromatic rings. The Morgan fingerprint density at radius 1 is 1.32 bits per heavy atom. The molecule has 1 saturated heterocycles. The number of ether oxygens (including phenoxy) is 1. The van der Waals surface area contributed by atoms with Gasteiger partial charge < -0.3 is 10.1 Å². The average Bonchev–Trinajstić information content (AvgIpc) is 2.89. The van der Waals surface area contributed by atoms with E-state index >= 15 is 0 Å². The van der Waals surface area contributed by atoms with E-state index in [-0.39, 0.29) is 0 Å². The molecule has 22 heavy (non-hydrogen) atoms. The number of benzene rings is 1. The summed E-state index contributed by atoms with van der Waals surface area (Å²) in [4.78, 5) is 0. The van der Waals surface area contributed by atoms with Gasteiger partial charge in [0.2, 0.25) is 0 Å². The van der Waals surface area contributed by atoms with E-state index in [1.807, 2.05) is 58.7 Å². The first-order valence-electron chi connectivity index (χ1n) is 7.42. The summed E-state index contributed by atoms with van der Waals surface area (Å²) in [5.41, 5.74) is 2.23. The predicted octanol–water partition coefficient (Wildman–Crippen LogP) is 2.82. The van der Waals surface area contributed by atoms with Crippen LogP contribution in [0.5, 0.6) is 5.75 Å². The third kappa shape index (κ3) is 4.21. The molecule has 1 N–H and O–H groups in total. The molecule has 0 aliphatic carbocycles. The minimum absolute atomic E-state index is 0.595. The second kappa shape index (κ2) is 7.94. The van der Waals surface area contributed by atoms with Crippen molar-refractivity contribution in [2.75, 3.05) is 30.1 Å². The van der Waals surface area contributed by atoms with E-state index in [1.165, 1.54) is 28.6 Å². The van der Waals surface area contributed by atoms with Crippen LogP contribution in [0.2, 0.25) is 0 Å². The van der Waals surface area contributed by atoms with E-state index in [0.29, 0.717) is 6.04 Å². The van der Waals surface area contributed by atoms with Crippen LogP contribution in [0.25, 0.3) is 5.69 Å². The maximum absolute atomic E-state index is 5.26. The van der Waals surface area contributed by atoms with Gasteiger partial charge in [-0.05, 0) is 12.1 Å². The Balaban J connectivity index is 1.60. The molecule has 0 unspecified atom stereocenters. The molecule has 1 aliphatic heterocycles. The summed E-state index contributed by atoms with van der Waals surface area (Å²) in [7, 11) is 1.68.